The Morgan fingerprint density at radius 1 is 1.32 bits per heavy atom. The summed E-state index contributed by atoms with van der Waals surface area (Å²) < 4.78 is 10.1. The molecular formula is C15H23NO6. The van der Waals surface area contributed by atoms with E-state index in [0.29, 0.717) is 6.29 Å². The number of aldehydes is 1. The Hall–Kier alpha value is -2.25. The van der Waals surface area contributed by atoms with Crippen molar-refractivity contribution in [1.82, 2.24) is 0 Å². The summed E-state index contributed by atoms with van der Waals surface area (Å²) in [6.45, 7) is 13.3. The van der Waals surface area contributed by atoms with Crippen LogP contribution in [0, 0.1) is 10.1 Å². The quantitative estimate of drug-likeness (QED) is 0.284. The van der Waals surface area contributed by atoms with E-state index >= 15 is 0 Å². The van der Waals surface area contributed by atoms with Crippen molar-refractivity contribution in [1.29, 1.82) is 0 Å². The van der Waals surface area contributed by atoms with Gasteiger partial charge in [0.05, 0.1) is 4.92 Å². The van der Waals surface area contributed by atoms with E-state index in [2.05, 4.69) is 13.2 Å². The highest BCUT2D eigenvalue weighted by molar-refractivity contribution is 5.77. The molecule has 0 heterocycles. The number of nitro benzene ring substituents is 1. The van der Waals surface area contributed by atoms with E-state index in [0.717, 1.165) is 25.3 Å². The van der Waals surface area contributed by atoms with Gasteiger partial charge in [0.15, 0.2) is 12.0 Å². The van der Waals surface area contributed by atoms with Gasteiger partial charge in [-0.25, -0.2) is 0 Å². The van der Waals surface area contributed by atoms with Crippen LogP contribution < -0.4 is 0 Å². The fourth-order valence-corrected chi connectivity index (χ4v) is 1.28. The highest BCUT2D eigenvalue weighted by Gasteiger charge is 2.12. The number of benzene rings is 1. The third-order valence-electron chi connectivity index (χ3n) is 2.13. The number of nitro groups is 1. The number of carbonyl (C=O) groups excluding carboxylic acids is 1. The fourth-order valence-electron chi connectivity index (χ4n) is 1.28. The molecule has 1 N–H and O–H groups in total. The molecule has 0 aliphatic heterocycles. The number of rotatable bonds is 6. The number of phenols is 1. The fraction of sp³-hybridized carbons (Fsp3) is 0.400. The third-order valence-corrected chi connectivity index (χ3v) is 2.13. The number of ether oxygens (including phenoxy) is 2. The zero-order valence-corrected chi connectivity index (χ0v) is 13.2. The first-order chi connectivity index (χ1) is 10.5. The topological polar surface area (TPSA) is 98.9 Å². The van der Waals surface area contributed by atoms with Crippen molar-refractivity contribution in [2.45, 2.75) is 27.1 Å². The molecule has 0 amide bonds. The molecule has 1 aromatic carbocycles. The van der Waals surface area contributed by atoms with Crippen LogP contribution in [-0.2, 0) is 9.47 Å². The summed E-state index contributed by atoms with van der Waals surface area (Å²) in [4.78, 5) is 19.7. The molecule has 7 nitrogen and oxygen atoms in total. The predicted molar refractivity (Wildman–Crippen MR) is 84.1 cm³/mol. The standard InChI is InChI=1S/C7H5NO4.C6H14O2.C2H4/c9-4-5-1-2-7(10)6(3-5)8(11)12;1-4-7-6(3)8-5-2;1-2/h1-4,10H;6H,4-5H2,1-3H3;1-2H2. The summed E-state index contributed by atoms with van der Waals surface area (Å²) in [6.07, 6.45) is 0.442. The lowest BCUT2D eigenvalue weighted by Gasteiger charge is -2.09. The molecule has 0 saturated heterocycles. The van der Waals surface area contributed by atoms with Crippen molar-refractivity contribution < 1.29 is 24.3 Å². The zero-order chi connectivity index (χ0) is 17.5. The van der Waals surface area contributed by atoms with Gasteiger partial charge in [0.25, 0.3) is 0 Å². The van der Waals surface area contributed by atoms with Gasteiger partial charge in [-0.15, -0.1) is 13.2 Å². The van der Waals surface area contributed by atoms with Crippen LogP contribution in [0.3, 0.4) is 0 Å². The smallest absolute Gasteiger partial charge is 0.311 e. The molecule has 1 aromatic rings. The van der Waals surface area contributed by atoms with Crippen molar-refractivity contribution in [3.63, 3.8) is 0 Å². The van der Waals surface area contributed by atoms with Gasteiger partial charge >= 0.3 is 5.69 Å². The number of nitrogens with zero attached hydrogens (tertiary/aromatic N) is 1. The lowest BCUT2D eigenvalue weighted by atomic mass is 10.2. The Morgan fingerprint density at radius 2 is 1.82 bits per heavy atom. The molecule has 0 fully saturated rings. The molecule has 0 radical (unpaired) electrons. The average Bonchev–Trinajstić information content (AvgIpc) is 2.50. The maximum Gasteiger partial charge on any atom is 0.311 e. The number of hydrogen-bond donors (Lipinski definition) is 1. The molecule has 0 spiro atoms. The van der Waals surface area contributed by atoms with Gasteiger partial charge in [0, 0.05) is 24.8 Å². The van der Waals surface area contributed by atoms with Crippen LogP contribution >= 0.6 is 0 Å². The summed E-state index contributed by atoms with van der Waals surface area (Å²) in [7, 11) is 0. The minimum atomic E-state index is -0.748. The highest BCUT2D eigenvalue weighted by atomic mass is 16.7. The predicted octanol–water partition coefficient (Wildman–Crippen LogP) is 3.32. The van der Waals surface area contributed by atoms with Crippen molar-refractivity contribution >= 4 is 12.0 Å². The van der Waals surface area contributed by atoms with Crippen molar-refractivity contribution in [3.8, 4) is 5.75 Å². The van der Waals surface area contributed by atoms with Gasteiger partial charge in [-0.05, 0) is 32.9 Å². The molecule has 0 aromatic heterocycles. The molecule has 22 heavy (non-hydrogen) atoms. The molecule has 0 aliphatic rings. The summed E-state index contributed by atoms with van der Waals surface area (Å²) in [5.41, 5.74) is -0.292. The van der Waals surface area contributed by atoms with Crippen LogP contribution in [0.5, 0.6) is 5.75 Å². The SMILES string of the molecule is C=C.CCOC(C)OCC.O=Cc1ccc(O)c([N+](=O)[O-])c1. The van der Waals surface area contributed by atoms with Crippen LogP contribution in [0.25, 0.3) is 0 Å². The number of phenolic OH excluding ortho intramolecular Hbond substituents is 1. The van der Waals surface area contributed by atoms with Crippen LogP contribution in [0.4, 0.5) is 5.69 Å². The molecular weight excluding hydrogens is 290 g/mol. The largest absolute Gasteiger partial charge is 0.502 e. The molecule has 0 saturated carbocycles. The van der Waals surface area contributed by atoms with E-state index in [-0.39, 0.29) is 11.9 Å². The van der Waals surface area contributed by atoms with Gasteiger partial charge in [0.1, 0.15) is 6.29 Å². The molecule has 0 atom stereocenters. The molecule has 1 rings (SSSR count). The first-order valence-corrected chi connectivity index (χ1v) is 6.62. The van der Waals surface area contributed by atoms with Gasteiger partial charge in [-0.3, -0.25) is 14.9 Å². The van der Waals surface area contributed by atoms with Crippen LogP contribution in [0.2, 0.25) is 0 Å². The van der Waals surface area contributed by atoms with E-state index in [1.165, 1.54) is 6.07 Å². The van der Waals surface area contributed by atoms with Gasteiger partial charge in [-0.1, -0.05) is 0 Å². The monoisotopic (exact) mass is 313 g/mol. The second-order valence-corrected chi connectivity index (χ2v) is 3.60. The Kier molecular flexibility index (Phi) is 13.7. The maximum atomic E-state index is 10.2. The number of aromatic hydroxyl groups is 1. The van der Waals surface area contributed by atoms with E-state index in [1.54, 1.807) is 0 Å². The molecule has 0 aliphatic carbocycles. The minimum Gasteiger partial charge on any atom is -0.502 e. The second kappa shape index (κ2) is 13.7. The summed E-state index contributed by atoms with van der Waals surface area (Å²) in [6, 6.07) is 3.43. The average molecular weight is 313 g/mol. The maximum absolute atomic E-state index is 10.2. The van der Waals surface area contributed by atoms with Gasteiger partial charge < -0.3 is 14.6 Å². The van der Waals surface area contributed by atoms with E-state index in [9.17, 15) is 14.9 Å². The van der Waals surface area contributed by atoms with E-state index in [4.69, 9.17) is 14.6 Å². The van der Waals surface area contributed by atoms with E-state index < -0.39 is 16.4 Å². The molecule has 7 heteroatoms. The van der Waals surface area contributed by atoms with Crippen LogP contribution in [-0.4, -0.2) is 35.8 Å². The molecule has 124 valence electrons. The highest BCUT2D eigenvalue weighted by Crippen LogP contribution is 2.25. The summed E-state index contributed by atoms with van der Waals surface area (Å²) in [5, 5.41) is 19.2. The Balaban J connectivity index is 0. The van der Waals surface area contributed by atoms with Crippen molar-refractivity contribution in [3.05, 3.63) is 47.0 Å². The lowest BCUT2D eigenvalue weighted by molar-refractivity contribution is -0.385. The Bertz CT molecular complexity index is 444. The second-order valence-electron chi connectivity index (χ2n) is 3.60. The van der Waals surface area contributed by atoms with Crippen molar-refractivity contribution in [2.75, 3.05) is 13.2 Å². The summed E-state index contributed by atoms with van der Waals surface area (Å²) in [5.74, 6) is -0.439. The first kappa shape index (κ1) is 22.0. The van der Waals surface area contributed by atoms with Crippen LogP contribution in [0.1, 0.15) is 31.1 Å². The Morgan fingerprint density at radius 3 is 2.18 bits per heavy atom. The molecule has 0 unspecified atom stereocenters. The van der Waals surface area contributed by atoms with Gasteiger partial charge in [-0.2, -0.15) is 0 Å². The van der Waals surface area contributed by atoms with Crippen LogP contribution in [0.15, 0.2) is 31.4 Å². The lowest BCUT2D eigenvalue weighted by Crippen LogP contribution is -2.11. The minimum absolute atomic E-state index is 0.0370. The molecule has 0 bridgehead atoms. The van der Waals surface area contributed by atoms with Crippen molar-refractivity contribution in [2.24, 2.45) is 0 Å². The Labute approximate surface area is 130 Å². The zero-order valence-electron chi connectivity index (χ0n) is 13.2. The third kappa shape index (κ3) is 9.62. The normalized spacial score (nSPS) is 9.09. The first-order valence-electron chi connectivity index (χ1n) is 6.62. The number of carbonyl (C=O) groups is 1. The van der Waals surface area contributed by atoms with Gasteiger partial charge in [0.2, 0.25) is 0 Å². The van der Waals surface area contributed by atoms with E-state index in [1.807, 2.05) is 20.8 Å². The summed E-state index contributed by atoms with van der Waals surface area (Å²) >= 11 is 0. The number of hydrogen-bond acceptors (Lipinski definition) is 6.